The molecule has 5 nitrogen and oxygen atoms in total. The molecule has 0 radical (unpaired) electrons. The van der Waals surface area contributed by atoms with Crippen molar-refractivity contribution in [3.63, 3.8) is 0 Å². The number of pyridine rings is 1. The Morgan fingerprint density at radius 1 is 1.40 bits per heavy atom. The molecule has 0 unspecified atom stereocenters. The van der Waals surface area contributed by atoms with Gasteiger partial charge < -0.3 is 14.0 Å². The van der Waals surface area contributed by atoms with Gasteiger partial charge in [-0.25, -0.2) is 13.6 Å². The average molecular weight is 349 g/mol. The molecule has 1 saturated carbocycles. The number of rotatable bonds is 5. The van der Waals surface area contributed by atoms with E-state index in [0.29, 0.717) is 0 Å². The third-order valence-electron chi connectivity index (χ3n) is 4.17. The van der Waals surface area contributed by atoms with Crippen LogP contribution in [0.3, 0.4) is 0 Å². The highest BCUT2D eigenvalue weighted by molar-refractivity contribution is 5.94. The number of methoxy groups -OCH3 is 1. The Kier molecular flexibility index (Phi) is 4.32. The first-order valence-corrected chi connectivity index (χ1v) is 7.87. The summed E-state index contributed by atoms with van der Waals surface area (Å²) in [5.74, 6) is -2.89. The molecule has 1 aliphatic rings. The molecule has 0 atom stereocenters. The first-order chi connectivity index (χ1) is 11.9. The van der Waals surface area contributed by atoms with Crippen molar-refractivity contribution in [2.24, 2.45) is 0 Å². The number of hydrogen-bond acceptors (Lipinski definition) is 4. The number of esters is 1. The Morgan fingerprint density at radius 3 is 2.64 bits per heavy atom. The molecule has 2 aromatic rings. The molecule has 1 fully saturated rings. The molecule has 132 valence electrons. The lowest BCUT2D eigenvalue weighted by molar-refractivity contribution is 0.0524. The summed E-state index contributed by atoms with van der Waals surface area (Å²) >= 11 is 0. The first kappa shape index (κ1) is 17.1. The summed E-state index contributed by atoms with van der Waals surface area (Å²) in [5.41, 5.74) is -1.49. The number of benzene rings is 1. The van der Waals surface area contributed by atoms with E-state index in [-0.39, 0.29) is 34.9 Å². The third kappa shape index (κ3) is 2.79. The van der Waals surface area contributed by atoms with Crippen LogP contribution in [-0.2, 0) is 9.47 Å². The van der Waals surface area contributed by atoms with Crippen LogP contribution in [0.1, 0.15) is 41.7 Å². The highest BCUT2D eigenvalue weighted by atomic mass is 19.1. The lowest BCUT2D eigenvalue weighted by atomic mass is 10.1. The maximum atomic E-state index is 15.0. The van der Waals surface area contributed by atoms with Crippen LogP contribution in [0.25, 0.3) is 16.7 Å². The Morgan fingerprint density at radius 2 is 2.08 bits per heavy atom. The number of ether oxygens (including phenoxy) is 2. The van der Waals surface area contributed by atoms with Gasteiger partial charge in [0.1, 0.15) is 17.1 Å². The number of carbonyl (C=O) groups is 1. The fourth-order valence-electron chi connectivity index (χ4n) is 2.79. The molecule has 0 bridgehead atoms. The second-order valence-corrected chi connectivity index (χ2v) is 5.80. The van der Waals surface area contributed by atoms with Crippen molar-refractivity contribution in [2.45, 2.75) is 25.8 Å². The van der Waals surface area contributed by atoms with Crippen molar-refractivity contribution in [3.8, 4) is 0 Å². The molecule has 1 aliphatic carbocycles. The van der Waals surface area contributed by atoms with E-state index in [1.165, 1.54) is 17.9 Å². The Hall–Kier alpha value is -2.70. The van der Waals surface area contributed by atoms with E-state index in [4.69, 9.17) is 9.47 Å². The van der Waals surface area contributed by atoms with Gasteiger partial charge in [-0.2, -0.15) is 0 Å². The van der Waals surface area contributed by atoms with Crippen molar-refractivity contribution < 1.29 is 23.0 Å². The highest BCUT2D eigenvalue weighted by Gasteiger charge is 2.30. The van der Waals surface area contributed by atoms with Crippen LogP contribution < -0.4 is 5.43 Å². The van der Waals surface area contributed by atoms with Gasteiger partial charge >= 0.3 is 5.97 Å². The molecule has 1 heterocycles. The van der Waals surface area contributed by atoms with E-state index in [9.17, 15) is 14.0 Å². The molecule has 25 heavy (non-hydrogen) atoms. The zero-order chi connectivity index (χ0) is 18.3. The second kappa shape index (κ2) is 6.31. The topological polar surface area (TPSA) is 57.5 Å². The van der Waals surface area contributed by atoms with Crippen LogP contribution in [0.4, 0.5) is 8.78 Å². The number of halogens is 2. The fourth-order valence-corrected chi connectivity index (χ4v) is 2.79. The number of nitrogens with zero attached hydrogens (tertiary/aromatic N) is 1. The fraction of sp³-hybridized carbons (Fsp3) is 0.333. The zero-order valence-corrected chi connectivity index (χ0v) is 13.9. The van der Waals surface area contributed by atoms with E-state index in [1.54, 1.807) is 6.92 Å². The second-order valence-electron chi connectivity index (χ2n) is 5.80. The van der Waals surface area contributed by atoms with Crippen molar-refractivity contribution in [1.29, 1.82) is 0 Å². The zero-order valence-electron chi connectivity index (χ0n) is 13.9. The van der Waals surface area contributed by atoms with E-state index < -0.39 is 28.6 Å². The molecule has 1 aromatic carbocycles. The number of aromatic nitrogens is 1. The van der Waals surface area contributed by atoms with E-state index in [1.807, 2.05) is 0 Å². The van der Waals surface area contributed by atoms with E-state index in [2.05, 4.69) is 6.58 Å². The van der Waals surface area contributed by atoms with Crippen LogP contribution in [-0.4, -0.2) is 24.3 Å². The maximum absolute atomic E-state index is 15.0. The van der Waals surface area contributed by atoms with Gasteiger partial charge in [-0.3, -0.25) is 4.79 Å². The van der Waals surface area contributed by atoms with Gasteiger partial charge in [-0.05, 0) is 25.8 Å². The summed E-state index contributed by atoms with van der Waals surface area (Å²) in [6, 6.07) is 0.863. The molecule has 1 aromatic heterocycles. The SMILES string of the molecule is C=C(OC)c1c(F)cc2c(=O)c(C(=O)OCC)cn(C3CC3)c2c1F. The van der Waals surface area contributed by atoms with Gasteiger partial charge in [0.15, 0.2) is 5.82 Å². The molecule has 0 saturated heterocycles. The van der Waals surface area contributed by atoms with Crippen LogP contribution in [0.15, 0.2) is 23.6 Å². The molecular weight excluding hydrogens is 332 g/mol. The smallest absolute Gasteiger partial charge is 0.343 e. The average Bonchev–Trinajstić information content (AvgIpc) is 3.40. The molecule has 3 rings (SSSR count). The summed E-state index contributed by atoms with van der Waals surface area (Å²) in [5, 5.41) is -0.208. The monoisotopic (exact) mass is 349 g/mol. The van der Waals surface area contributed by atoms with Gasteiger partial charge in [0.05, 0.1) is 30.2 Å². The standard InChI is InChI=1S/C18H17F2NO4/c1-4-25-18(23)12-8-21(10-5-6-10)16-11(17(12)22)7-13(19)14(15(16)20)9(2)24-3/h7-8,10H,2,4-6H2,1,3H3. The van der Waals surface area contributed by atoms with Crippen molar-refractivity contribution >= 4 is 22.6 Å². The van der Waals surface area contributed by atoms with Crippen LogP contribution in [0.2, 0.25) is 0 Å². The minimum absolute atomic E-state index is 0.0557. The summed E-state index contributed by atoms with van der Waals surface area (Å²) in [4.78, 5) is 24.6. The largest absolute Gasteiger partial charge is 0.497 e. The van der Waals surface area contributed by atoms with Gasteiger partial charge in [-0.15, -0.1) is 0 Å². The highest BCUT2D eigenvalue weighted by Crippen LogP contribution is 2.39. The van der Waals surface area contributed by atoms with Crippen molar-refractivity contribution in [1.82, 2.24) is 4.57 Å². The van der Waals surface area contributed by atoms with Crippen molar-refractivity contribution in [2.75, 3.05) is 13.7 Å². The number of carbonyl (C=O) groups excluding carboxylic acids is 1. The molecular formula is C18H17F2NO4. The lowest BCUT2D eigenvalue weighted by Crippen LogP contribution is -2.22. The molecule has 0 aliphatic heterocycles. The van der Waals surface area contributed by atoms with E-state index in [0.717, 1.165) is 18.9 Å². The predicted molar refractivity (Wildman–Crippen MR) is 88.4 cm³/mol. The predicted octanol–water partition coefficient (Wildman–Crippen LogP) is 3.41. The van der Waals surface area contributed by atoms with Gasteiger partial charge in [0.2, 0.25) is 5.43 Å². The minimum Gasteiger partial charge on any atom is -0.497 e. The summed E-state index contributed by atoms with van der Waals surface area (Å²) < 4.78 is 40.6. The van der Waals surface area contributed by atoms with Gasteiger partial charge in [-0.1, -0.05) is 6.58 Å². The van der Waals surface area contributed by atoms with E-state index >= 15 is 4.39 Å². The number of fused-ring (bicyclic) bond motifs is 1. The molecule has 0 N–H and O–H groups in total. The quantitative estimate of drug-likeness (QED) is 0.613. The van der Waals surface area contributed by atoms with Crippen molar-refractivity contribution in [3.05, 3.63) is 51.8 Å². The van der Waals surface area contributed by atoms with Crippen LogP contribution in [0.5, 0.6) is 0 Å². The Labute approximate surface area is 142 Å². The summed E-state index contributed by atoms with van der Waals surface area (Å²) in [6.45, 7) is 5.19. The molecule has 0 spiro atoms. The summed E-state index contributed by atoms with van der Waals surface area (Å²) in [7, 11) is 1.25. The normalized spacial score (nSPS) is 13.8. The summed E-state index contributed by atoms with van der Waals surface area (Å²) in [6.07, 6.45) is 2.84. The lowest BCUT2D eigenvalue weighted by Gasteiger charge is -2.16. The number of hydrogen-bond donors (Lipinski definition) is 0. The van der Waals surface area contributed by atoms with Gasteiger partial charge in [0.25, 0.3) is 0 Å². The Bertz CT molecular complexity index is 944. The first-order valence-electron chi connectivity index (χ1n) is 7.87. The minimum atomic E-state index is -0.975. The third-order valence-corrected chi connectivity index (χ3v) is 4.17. The van der Waals surface area contributed by atoms with Gasteiger partial charge in [0, 0.05) is 12.2 Å². The molecule has 0 amide bonds. The Balaban J connectivity index is 2.38. The molecule has 7 heteroatoms. The van der Waals surface area contributed by atoms with Crippen LogP contribution >= 0.6 is 0 Å². The van der Waals surface area contributed by atoms with Crippen LogP contribution in [0, 0.1) is 11.6 Å². The maximum Gasteiger partial charge on any atom is 0.343 e.